The summed E-state index contributed by atoms with van der Waals surface area (Å²) < 4.78 is 10.1. The van der Waals surface area contributed by atoms with Crippen LogP contribution in [-0.2, 0) is 19.1 Å². The molecule has 0 unspecified atom stereocenters. The molecule has 21 heavy (non-hydrogen) atoms. The minimum Gasteiger partial charge on any atom is -0.462 e. The molecule has 0 saturated carbocycles. The van der Waals surface area contributed by atoms with Gasteiger partial charge in [0.05, 0.1) is 18.8 Å². The van der Waals surface area contributed by atoms with E-state index in [-0.39, 0.29) is 17.4 Å². The van der Waals surface area contributed by atoms with E-state index in [0.717, 1.165) is 0 Å². The highest BCUT2D eigenvalue weighted by molar-refractivity contribution is 5.95. The lowest BCUT2D eigenvalue weighted by Crippen LogP contribution is -2.13. The first-order valence-electron chi connectivity index (χ1n) is 6.95. The standard InChI is InChI=1S/C15H24O4.C2H4/c1-10(2)8-18-14(16)12(5)7-13(6)15(17)19-9-11(3)4;1-2/h7,10-11H,5,8-9H2,1-4,6H3;1-2H2/b13-7+;. The van der Waals surface area contributed by atoms with E-state index < -0.39 is 11.9 Å². The Morgan fingerprint density at radius 3 is 1.71 bits per heavy atom. The molecule has 0 aromatic heterocycles. The summed E-state index contributed by atoms with van der Waals surface area (Å²) in [5.74, 6) is -0.412. The van der Waals surface area contributed by atoms with Crippen molar-refractivity contribution in [1.82, 2.24) is 0 Å². The smallest absolute Gasteiger partial charge is 0.337 e. The normalized spacial score (nSPS) is 10.7. The molecule has 0 aromatic carbocycles. The Bertz CT molecular complexity index is 378. The van der Waals surface area contributed by atoms with Crippen LogP contribution in [0.25, 0.3) is 0 Å². The largest absolute Gasteiger partial charge is 0.462 e. The molecule has 0 spiro atoms. The van der Waals surface area contributed by atoms with Crippen molar-refractivity contribution >= 4 is 11.9 Å². The fourth-order valence-electron chi connectivity index (χ4n) is 1.07. The highest BCUT2D eigenvalue weighted by Crippen LogP contribution is 2.07. The molecular formula is C17H28O4. The second-order valence-corrected chi connectivity index (χ2v) is 5.34. The van der Waals surface area contributed by atoms with Crippen molar-refractivity contribution in [3.05, 3.63) is 37.0 Å². The fourth-order valence-corrected chi connectivity index (χ4v) is 1.07. The van der Waals surface area contributed by atoms with Gasteiger partial charge in [-0.25, -0.2) is 9.59 Å². The van der Waals surface area contributed by atoms with Crippen LogP contribution in [0, 0.1) is 11.8 Å². The van der Waals surface area contributed by atoms with E-state index in [1.165, 1.54) is 6.08 Å². The molecule has 4 heteroatoms. The van der Waals surface area contributed by atoms with Gasteiger partial charge in [-0.3, -0.25) is 0 Å². The van der Waals surface area contributed by atoms with Gasteiger partial charge < -0.3 is 9.47 Å². The van der Waals surface area contributed by atoms with Crippen molar-refractivity contribution < 1.29 is 19.1 Å². The van der Waals surface area contributed by atoms with Gasteiger partial charge in [-0.1, -0.05) is 34.3 Å². The van der Waals surface area contributed by atoms with Crippen molar-refractivity contribution in [2.24, 2.45) is 11.8 Å². The van der Waals surface area contributed by atoms with Gasteiger partial charge in [-0.05, 0) is 24.8 Å². The molecular weight excluding hydrogens is 268 g/mol. The van der Waals surface area contributed by atoms with Crippen LogP contribution in [0.5, 0.6) is 0 Å². The van der Waals surface area contributed by atoms with Crippen molar-refractivity contribution in [3.63, 3.8) is 0 Å². The van der Waals surface area contributed by atoms with Crippen LogP contribution in [0.15, 0.2) is 37.0 Å². The monoisotopic (exact) mass is 296 g/mol. The van der Waals surface area contributed by atoms with Crippen LogP contribution in [0.4, 0.5) is 0 Å². The van der Waals surface area contributed by atoms with E-state index in [1.807, 2.05) is 27.7 Å². The van der Waals surface area contributed by atoms with Gasteiger partial charge in [-0.15, -0.1) is 13.2 Å². The van der Waals surface area contributed by atoms with Gasteiger partial charge in [-0.2, -0.15) is 0 Å². The lowest BCUT2D eigenvalue weighted by atomic mass is 10.2. The van der Waals surface area contributed by atoms with Crippen LogP contribution in [0.1, 0.15) is 34.6 Å². The third-order valence-corrected chi connectivity index (χ3v) is 2.07. The zero-order valence-corrected chi connectivity index (χ0v) is 13.9. The number of ether oxygens (including phenoxy) is 2. The third-order valence-electron chi connectivity index (χ3n) is 2.07. The van der Waals surface area contributed by atoms with Gasteiger partial charge in [0.1, 0.15) is 0 Å². The highest BCUT2D eigenvalue weighted by atomic mass is 16.5. The number of carbonyl (C=O) groups is 2. The summed E-state index contributed by atoms with van der Waals surface area (Å²) in [5, 5.41) is 0. The van der Waals surface area contributed by atoms with Crippen LogP contribution in [0.2, 0.25) is 0 Å². The van der Waals surface area contributed by atoms with Crippen molar-refractivity contribution in [1.29, 1.82) is 0 Å². The predicted molar refractivity (Wildman–Crippen MR) is 85.7 cm³/mol. The van der Waals surface area contributed by atoms with Crippen LogP contribution >= 0.6 is 0 Å². The number of rotatable bonds is 7. The Morgan fingerprint density at radius 2 is 1.33 bits per heavy atom. The van der Waals surface area contributed by atoms with Crippen LogP contribution in [0.3, 0.4) is 0 Å². The van der Waals surface area contributed by atoms with Crippen molar-refractivity contribution in [2.75, 3.05) is 13.2 Å². The Balaban J connectivity index is 0. The molecule has 0 radical (unpaired) electrons. The highest BCUT2D eigenvalue weighted by Gasteiger charge is 2.11. The Hall–Kier alpha value is -1.84. The first-order chi connectivity index (χ1) is 9.73. The van der Waals surface area contributed by atoms with E-state index in [4.69, 9.17) is 9.47 Å². The summed E-state index contributed by atoms with van der Waals surface area (Å²) in [6.07, 6.45) is 1.39. The van der Waals surface area contributed by atoms with Gasteiger partial charge in [0, 0.05) is 5.57 Å². The van der Waals surface area contributed by atoms with Crippen molar-refractivity contribution in [2.45, 2.75) is 34.6 Å². The molecule has 0 aliphatic heterocycles. The van der Waals surface area contributed by atoms with Crippen molar-refractivity contribution in [3.8, 4) is 0 Å². The average molecular weight is 296 g/mol. The first kappa shape index (κ1) is 21.5. The number of carbonyl (C=O) groups excluding carboxylic acids is 2. The molecule has 0 atom stereocenters. The Labute approximate surface area is 128 Å². The molecule has 120 valence electrons. The predicted octanol–water partition coefficient (Wildman–Crippen LogP) is 3.69. The molecule has 0 aliphatic rings. The minimum absolute atomic E-state index is 0.152. The molecule has 0 heterocycles. The van der Waals surface area contributed by atoms with Gasteiger partial charge in [0.25, 0.3) is 0 Å². The van der Waals surface area contributed by atoms with Gasteiger partial charge >= 0.3 is 11.9 Å². The maximum atomic E-state index is 11.6. The van der Waals surface area contributed by atoms with Gasteiger partial charge in [0.2, 0.25) is 0 Å². The van der Waals surface area contributed by atoms with E-state index in [9.17, 15) is 9.59 Å². The second kappa shape index (κ2) is 11.9. The lowest BCUT2D eigenvalue weighted by Gasteiger charge is -2.09. The lowest BCUT2D eigenvalue weighted by molar-refractivity contribution is -0.140. The Kier molecular flexibility index (Phi) is 12.2. The summed E-state index contributed by atoms with van der Waals surface area (Å²) in [5.41, 5.74) is 0.492. The Morgan fingerprint density at radius 1 is 0.952 bits per heavy atom. The summed E-state index contributed by atoms with van der Waals surface area (Å²) in [7, 11) is 0. The zero-order chi connectivity index (χ0) is 17.0. The maximum Gasteiger partial charge on any atom is 0.337 e. The SMILES string of the molecule is C=C.C=C(/C=C(\C)C(=O)OCC(C)C)C(=O)OCC(C)C. The van der Waals surface area contributed by atoms with Crippen LogP contribution in [-0.4, -0.2) is 25.2 Å². The topological polar surface area (TPSA) is 52.6 Å². The molecule has 0 rings (SSSR count). The summed E-state index contributed by atoms with van der Waals surface area (Å²) >= 11 is 0. The molecule has 0 saturated heterocycles. The molecule has 0 aromatic rings. The van der Waals surface area contributed by atoms with Gasteiger partial charge in [0.15, 0.2) is 0 Å². The molecule has 0 aliphatic carbocycles. The van der Waals surface area contributed by atoms with E-state index in [2.05, 4.69) is 19.7 Å². The summed E-state index contributed by atoms with van der Waals surface area (Å²) in [4.78, 5) is 23.1. The maximum absolute atomic E-state index is 11.6. The molecule has 4 nitrogen and oxygen atoms in total. The molecule has 0 amide bonds. The van der Waals surface area contributed by atoms with E-state index in [0.29, 0.717) is 18.8 Å². The third kappa shape index (κ3) is 11.7. The molecule has 0 fully saturated rings. The fraction of sp³-hybridized carbons (Fsp3) is 0.529. The molecule has 0 bridgehead atoms. The molecule has 0 N–H and O–H groups in total. The van der Waals surface area contributed by atoms with Crippen LogP contribution < -0.4 is 0 Å². The second-order valence-electron chi connectivity index (χ2n) is 5.34. The van der Waals surface area contributed by atoms with E-state index >= 15 is 0 Å². The zero-order valence-electron chi connectivity index (χ0n) is 13.9. The summed E-state index contributed by atoms with van der Waals surface area (Å²) in [6, 6.07) is 0. The average Bonchev–Trinajstić information content (AvgIpc) is 2.43. The quantitative estimate of drug-likeness (QED) is 0.311. The minimum atomic E-state index is -0.510. The number of esters is 2. The summed E-state index contributed by atoms with van der Waals surface area (Å²) in [6.45, 7) is 19.7. The van der Waals surface area contributed by atoms with E-state index in [1.54, 1.807) is 6.92 Å². The first-order valence-corrected chi connectivity index (χ1v) is 6.95. The number of hydrogen-bond donors (Lipinski definition) is 0. The number of hydrogen-bond acceptors (Lipinski definition) is 4.